The number of carboxylic acid groups (broad SMARTS) is 1. The van der Waals surface area contributed by atoms with Crippen LogP contribution in [0.3, 0.4) is 0 Å². The smallest absolute Gasteiger partial charge is 0.543 e. The van der Waals surface area contributed by atoms with Crippen molar-refractivity contribution in [2.75, 3.05) is 0 Å². The van der Waals surface area contributed by atoms with Crippen molar-refractivity contribution in [2.24, 2.45) is 5.92 Å². The first kappa shape index (κ1) is 21.1. The molecule has 142 valence electrons. The Hall–Kier alpha value is -1.13. The molecule has 2 aromatic rings. The zero-order valence-corrected chi connectivity index (χ0v) is 19.9. The number of amides is 1. The summed E-state index contributed by atoms with van der Waals surface area (Å²) in [5, 5.41) is 22.5. The predicted molar refractivity (Wildman–Crippen MR) is 102 cm³/mol. The number of ketones is 1. The minimum atomic E-state index is -1.39. The first-order chi connectivity index (χ1) is 13.4. The van der Waals surface area contributed by atoms with E-state index in [1.807, 2.05) is 24.3 Å². The maximum atomic E-state index is 12.4. The number of aliphatic hydroxyl groups excluding tert-OH is 1. The maximum Gasteiger partial charge on any atom is 1.00 e. The van der Waals surface area contributed by atoms with Crippen molar-refractivity contribution in [3.63, 3.8) is 0 Å². The van der Waals surface area contributed by atoms with Crippen LogP contribution in [0.4, 0.5) is 0 Å². The summed E-state index contributed by atoms with van der Waals surface area (Å²) in [4.78, 5) is 38.6. The van der Waals surface area contributed by atoms with Crippen molar-refractivity contribution in [3.8, 4) is 0 Å². The third-order valence-electron chi connectivity index (χ3n) is 5.84. The maximum absolute atomic E-state index is 12.4. The van der Waals surface area contributed by atoms with Crippen molar-refractivity contribution in [1.82, 2.24) is 4.90 Å². The number of aliphatic carboxylic acids is 1. The van der Waals surface area contributed by atoms with Crippen LogP contribution in [0.25, 0.3) is 21.7 Å². The molecule has 0 unspecified atom stereocenters. The van der Waals surface area contributed by atoms with E-state index in [1.165, 1.54) is 16.2 Å². The Kier molecular flexibility index (Phi) is 5.48. The fourth-order valence-electron chi connectivity index (χ4n) is 4.60. The van der Waals surface area contributed by atoms with Crippen molar-refractivity contribution < 1.29 is 76.0 Å². The number of hydrogen-bond donors (Lipinski definition) is 1. The van der Waals surface area contributed by atoms with Gasteiger partial charge in [0, 0.05) is 26.9 Å². The van der Waals surface area contributed by atoms with Gasteiger partial charge in [-0.1, -0.05) is 18.2 Å². The van der Waals surface area contributed by atoms with Crippen LogP contribution < -0.4 is 56.5 Å². The van der Waals surface area contributed by atoms with E-state index in [9.17, 15) is 24.6 Å². The fourth-order valence-corrected chi connectivity index (χ4v) is 5.79. The van der Waals surface area contributed by atoms with E-state index in [0.29, 0.717) is 24.0 Å². The standard InChI is InChI=1S/C21H17NO5S.K/c1-9(23)17-13-8-12(19(21(26)27)22(13)20(17)25)10-5-6-11-16(7-10)28-15-4-2-3-14(24)18(11)15;/h2,4-7,9,13,17,23H,3,8H2,1H3,(H,26,27);/q;+1/p-1/t9-,13-,17-;/m1./s1. The Morgan fingerprint density at radius 3 is 2.79 bits per heavy atom. The summed E-state index contributed by atoms with van der Waals surface area (Å²) in [6.45, 7) is 1.54. The number of carbonyl (C=O) groups is 3. The molecule has 1 amide bonds. The molecule has 1 aromatic carbocycles. The number of fused-ring (bicyclic) bond motifs is 4. The average molecular weight is 434 g/mol. The van der Waals surface area contributed by atoms with E-state index in [1.54, 1.807) is 13.0 Å². The fraction of sp³-hybridized carbons (Fsp3) is 0.286. The third kappa shape index (κ3) is 3.04. The van der Waals surface area contributed by atoms with Gasteiger partial charge >= 0.3 is 51.4 Å². The van der Waals surface area contributed by atoms with Crippen molar-refractivity contribution in [3.05, 3.63) is 46.0 Å². The summed E-state index contributed by atoms with van der Waals surface area (Å²) < 4.78 is 0.903. The Morgan fingerprint density at radius 2 is 2.10 bits per heavy atom. The molecule has 3 heterocycles. The van der Waals surface area contributed by atoms with Gasteiger partial charge in [-0.2, -0.15) is 0 Å². The van der Waals surface area contributed by atoms with Crippen LogP contribution in [0.15, 0.2) is 30.0 Å². The molecule has 1 fully saturated rings. The van der Waals surface area contributed by atoms with Gasteiger partial charge in [-0.05, 0) is 36.6 Å². The molecule has 0 spiro atoms. The van der Waals surface area contributed by atoms with Crippen LogP contribution >= 0.6 is 11.3 Å². The van der Waals surface area contributed by atoms with E-state index in [-0.39, 0.29) is 74.8 Å². The minimum absolute atomic E-state index is 0. The third-order valence-corrected chi connectivity index (χ3v) is 6.96. The quantitative estimate of drug-likeness (QED) is 0.473. The topological polar surface area (TPSA) is 97.7 Å². The summed E-state index contributed by atoms with van der Waals surface area (Å²) in [7, 11) is 0. The van der Waals surface area contributed by atoms with Gasteiger partial charge in [0.05, 0.1) is 29.7 Å². The molecule has 5 rings (SSSR count). The van der Waals surface area contributed by atoms with Gasteiger partial charge in [-0.3, -0.25) is 9.59 Å². The monoisotopic (exact) mass is 433 g/mol. The van der Waals surface area contributed by atoms with Crippen LogP contribution in [0.5, 0.6) is 0 Å². The molecule has 1 saturated heterocycles. The zero-order valence-electron chi connectivity index (χ0n) is 16.0. The van der Waals surface area contributed by atoms with Crippen molar-refractivity contribution >= 4 is 50.7 Å². The summed E-state index contributed by atoms with van der Waals surface area (Å²) in [6, 6.07) is 5.17. The molecule has 29 heavy (non-hydrogen) atoms. The van der Waals surface area contributed by atoms with Crippen LogP contribution in [-0.4, -0.2) is 39.8 Å². The number of nitrogens with zero attached hydrogens (tertiary/aromatic N) is 1. The van der Waals surface area contributed by atoms with E-state index < -0.39 is 18.0 Å². The van der Waals surface area contributed by atoms with Crippen LogP contribution in [-0.2, 0) is 9.59 Å². The SMILES string of the molecule is C[C@@H](O)[C@H]1C(=O)N2C(C(=O)[O-])=C(c3ccc4c5c(sc4c3)C=CCC5=O)C[C@H]12.[K+]. The molecule has 2 aliphatic heterocycles. The summed E-state index contributed by atoms with van der Waals surface area (Å²) in [6.07, 6.45) is 3.71. The Labute approximate surface area is 213 Å². The molecule has 8 heteroatoms. The van der Waals surface area contributed by atoms with Crippen LogP contribution in [0.1, 0.15) is 40.6 Å². The number of rotatable bonds is 3. The zero-order chi connectivity index (χ0) is 19.7. The molecular formula is C21H16KNO5S. The number of allylic oxidation sites excluding steroid dienone is 1. The van der Waals surface area contributed by atoms with Crippen molar-refractivity contribution in [1.29, 1.82) is 0 Å². The van der Waals surface area contributed by atoms with Crippen molar-refractivity contribution in [2.45, 2.75) is 31.9 Å². The molecular weight excluding hydrogens is 417 g/mol. The first-order valence-electron chi connectivity index (χ1n) is 9.10. The second-order valence-corrected chi connectivity index (χ2v) is 8.53. The number of Topliss-reactive ketones (excluding diaryl/α,β-unsaturated/α-hetero) is 1. The second-order valence-electron chi connectivity index (χ2n) is 7.44. The van der Waals surface area contributed by atoms with E-state index in [2.05, 4.69) is 0 Å². The van der Waals surface area contributed by atoms with Gasteiger partial charge < -0.3 is 19.9 Å². The molecule has 1 N–H and O–H groups in total. The second kappa shape index (κ2) is 7.53. The molecule has 0 radical (unpaired) electrons. The number of β-lactam (4-membered cyclic amide) rings is 1. The molecule has 1 aromatic heterocycles. The van der Waals surface area contributed by atoms with Gasteiger partial charge in [0.1, 0.15) is 0 Å². The Bertz CT molecular complexity index is 1150. The summed E-state index contributed by atoms with van der Waals surface area (Å²) >= 11 is 1.50. The van der Waals surface area contributed by atoms with Gasteiger partial charge in [-0.25, -0.2) is 0 Å². The van der Waals surface area contributed by atoms with E-state index >= 15 is 0 Å². The van der Waals surface area contributed by atoms with Crippen LogP contribution in [0, 0.1) is 5.92 Å². The van der Waals surface area contributed by atoms with E-state index in [4.69, 9.17) is 0 Å². The number of thiophene rings is 1. The first-order valence-corrected chi connectivity index (χ1v) is 9.92. The molecule has 3 aliphatic rings. The molecule has 3 atom stereocenters. The number of carbonyl (C=O) groups excluding carboxylic acids is 3. The molecule has 0 bridgehead atoms. The van der Waals surface area contributed by atoms with Gasteiger partial charge in [0.25, 0.3) is 0 Å². The number of aliphatic hydroxyl groups is 1. The summed E-state index contributed by atoms with van der Waals surface area (Å²) in [5.74, 6) is -2.27. The van der Waals surface area contributed by atoms with E-state index in [0.717, 1.165) is 20.5 Å². The van der Waals surface area contributed by atoms with Crippen LogP contribution in [0.2, 0.25) is 0 Å². The number of hydrogen-bond acceptors (Lipinski definition) is 6. The number of benzene rings is 1. The summed E-state index contributed by atoms with van der Waals surface area (Å²) in [5.41, 5.74) is 1.86. The number of carboxylic acids is 1. The molecule has 0 saturated carbocycles. The van der Waals surface area contributed by atoms with Gasteiger partial charge in [-0.15, -0.1) is 11.3 Å². The van der Waals surface area contributed by atoms with Gasteiger partial charge in [0.15, 0.2) is 5.78 Å². The normalized spacial score (nSPS) is 23.6. The van der Waals surface area contributed by atoms with Gasteiger partial charge in [0.2, 0.25) is 5.91 Å². The Morgan fingerprint density at radius 1 is 1.34 bits per heavy atom. The molecule has 6 nitrogen and oxygen atoms in total. The minimum Gasteiger partial charge on any atom is -0.543 e. The Balaban J connectivity index is 0.00000205. The predicted octanol–water partition coefficient (Wildman–Crippen LogP) is -1.42. The average Bonchev–Trinajstić information content (AvgIpc) is 3.17. The largest absolute Gasteiger partial charge is 1.00 e. The molecule has 1 aliphatic carbocycles.